The molecule has 3 amide bonds. The van der Waals surface area contributed by atoms with Crippen molar-refractivity contribution in [1.29, 1.82) is 5.26 Å². The van der Waals surface area contributed by atoms with Crippen molar-refractivity contribution in [2.75, 3.05) is 49.5 Å². The normalized spacial score (nSPS) is 17.9. The lowest BCUT2D eigenvalue weighted by molar-refractivity contribution is -0.132. The first-order valence-corrected chi connectivity index (χ1v) is 17.1. The number of fused-ring (bicyclic) bond motifs is 1. The van der Waals surface area contributed by atoms with E-state index in [9.17, 15) is 20.0 Å². The minimum atomic E-state index is -0.816. The smallest absolute Gasteiger partial charge is 0.322 e. The van der Waals surface area contributed by atoms with E-state index in [0.717, 1.165) is 22.5 Å². The van der Waals surface area contributed by atoms with Gasteiger partial charge in [0.1, 0.15) is 11.8 Å². The number of para-hydroxylation sites is 1. The van der Waals surface area contributed by atoms with E-state index in [1.807, 2.05) is 57.3 Å². The Morgan fingerprint density at radius 2 is 1.72 bits per heavy atom. The summed E-state index contributed by atoms with van der Waals surface area (Å²) in [4.78, 5) is 44.0. The topological polar surface area (TPSA) is 140 Å². The second-order valence-corrected chi connectivity index (χ2v) is 13.5. The summed E-state index contributed by atoms with van der Waals surface area (Å²) in [6, 6.07) is 14.4. The standard InChI is InChI=1S/C33H35Br2N9O3/c34-26-17-22(18-27(35)30(26)45)19-29(31(46)42-15-13-41(14-16-42)24-5-9-37-10-6-24)39-32(38-21-36)43-11-7-25(8-12-43)44-20-23-3-1-2-4-28(23)40-33(44)47/h1-6,9-10,17-18,25,29,45H,7-8,11-16,19-20H2,(H,38,39)(H,40,47)/t29-/m0/s1. The summed E-state index contributed by atoms with van der Waals surface area (Å²) in [5, 5.41) is 25.7. The number of nitrogens with zero attached hydrogens (tertiary/aromatic N) is 7. The lowest BCUT2D eigenvalue weighted by Gasteiger charge is -2.41. The Bertz CT molecular complexity index is 1660. The predicted molar refractivity (Wildman–Crippen MR) is 186 cm³/mol. The molecular weight excluding hydrogens is 730 g/mol. The maximum absolute atomic E-state index is 14.1. The van der Waals surface area contributed by atoms with E-state index in [0.29, 0.717) is 73.6 Å². The van der Waals surface area contributed by atoms with E-state index in [1.165, 1.54) is 0 Å². The van der Waals surface area contributed by atoms with Crippen molar-refractivity contribution < 1.29 is 14.7 Å². The molecule has 0 aliphatic carbocycles. The number of amides is 3. The molecule has 0 saturated carbocycles. The molecule has 2 saturated heterocycles. The predicted octanol–water partition coefficient (Wildman–Crippen LogP) is 4.51. The third-order valence-corrected chi connectivity index (χ3v) is 10.1. The van der Waals surface area contributed by atoms with Crippen molar-refractivity contribution in [3.8, 4) is 11.9 Å². The van der Waals surface area contributed by atoms with E-state index in [4.69, 9.17) is 4.99 Å². The molecular formula is C33H35Br2N9O3. The number of guanidine groups is 1. The van der Waals surface area contributed by atoms with E-state index >= 15 is 0 Å². The van der Waals surface area contributed by atoms with Crippen LogP contribution in [0.15, 0.2) is 74.9 Å². The number of aromatic hydroxyl groups is 1. The van der Waals surface area contributed by atoms with Gasteiger partial charge in [0, 0.05) is 82.0 Å². The molecule has 0 spiro atoms. The summed E-state index contributed by atoms with van der Waals surface area (Å²) in [6.45, 7) is 4.08. The number of likely N-dealkylation sites (tertiary alicyclic amines) is 1. The fraction of sp³-hybridized carbons (Fsp3) is 0.364. The number of phenols is 1. The number of piperazine rings is 1. The van der Waals surface area contributed by atoms with Gasteiger partial charge in [-0.2, -0.15) is 5.26 Å². The largest absolute Gasteiger partial charge is 0.506 e. The first-order chi connectivity index (χ1) is 22.8. The number of nitriles is 1. The molecule has 244 valence electrons. The Labute approximate surface area is 290 Å². The highest BCUT2D eigenvalue weighted by molar-refractivity contribution is 9.11. The van der Waals surface area contributed by atoms with Gasteiger partial charge in [-0.15, -0.1) is 0 Å². The Morgan fingerprint density at radius 3 is 2.40 bits per heavy atom. The van der Waals surface area contributed by atoms with Crippen LogP contribution < -0.4 is 15.5 Å². The van der Waals surface area contributed by atoms with Crippen molar-refractivity contribution >= 4 is 61.1 Å². The zero-order chi connectivity index (χ0) is 32.9. The molecule has 2 fully saturated rings. The quantitative estimate of drug-likeness (QED) is 0.144. The van der Waals surface area contributed by atoms with Gasteiger partial charge in [0.25, 0.3) is 0 Å². The van der Waals surface area contributed by atoms with Crippen molar-refractivity contribution in [3.63, 3.8) is 0 Å². The zero-order valence-electron chi connectivity index (χ0n) is 25.6. The zero-order valence-corrected chi connectivity index (χ0v) is 28.8. The maximum Gasteiger partial charge on any atom is 0.322 e. The van der Waals surface area contributed by atoms with Gasteiger partial charge in [-0.1, -0.05) is 18.2 Å². The molecule has 14 heteroatoms. The molecule has 6 rings (SSSR count). The molecule has 3 aromatic rings. The van der Waals surface area contributed by atoms with Gasteiger partial charge in [-0.25, -0.2) is 9.79 Å². The monoisotopic (exact) mass is 763 g/mol. The van der Waals surface area contributed by atoms with E-state index in [1.54, 1.807) is 24.5 Å². The molecule has 2 aromatic carbocycles. The Morgan fingerprint density at radius 1 is 1.04 bits per heavy atom. The minimum Gasteiger partial charge on any atom is -0.506 e. The third-order valence-electron chi connectivity index (χ3n) is 8.92. The number of benzene rings is 2. The fourth-order valence-corrected chi connectivity index (χ4v) is 7.68. The average molecular weight is 766 g/mol. The van der Waals surface area contributed by atoms with Crippen LogP contribution >= 0.6 is 31.9 Å². The van der Waals surface area contributed by atoms with Crippen LogP contribution in [-0.2, 0) is 17.8 Å². The van der Waals surface area contributed by atoms with Crippen molar-refractivity contribution in [2.24, 2.45) is 4.99 Å². The molecule has 0 radical (unpaired) electrons. The second-order valence-electron chi connectivity index (χ2n) is 11.8. The number of aliphatic imine (C=N–C) groups is 1. The van der Waals surface area contributed by atoms with Crippen LogP contribution in [0.4, 0.5) is 16.2 Å². The van der Waals surface area contributed by atoms with Gasteiger partial charge in [0.05, 0.1) is 8.95 Å². The number of carbonyl (C=O) groups excluding carboxylic acids is 2. The molecule has 4 heterocycles. The number of halogens is 2. The number of hydrogen-bond donors (Lipinski definition) is 3. The van der Waals surface area contributed by atoms with Crippen LogP contribution in [0.25, 0.3) is 0 Å². The minimum absolute atomic E-state index is 0.0313. The molecule has 12 nitrogen and oxygen atoms in total. The summed E-state index contributed by atoms with van der Waals surface area (Å²) in [5.74, 6) is 0.286. The highest BCUT2D eigenvalue weighted by atomic mass is 79.9. The lowest BCUT2D eigenvalue weighted by atomic mass is 10.0. The third kappa shape index (κ3) is 7.47. The summed E-state index contributed by atoms with van der Waals surface area (Å²) in [6.07, 6.45) is 7.18. The first kappa shape index (κ1) is 32.6. The molecule has 0 bridgehead atoms. The van der Waals surface area contributed by atoms with Crippen LogP contribution in [0.3, 0.4) is 0 Å². The van der Waals surface area contributed by atoms with E-state index in [2.05, 4.69) is 52.4 Å². The second kappa shape index (κ2) is 14.6. The Balaban J connectivity index is 1.19. The first-order valence-electron chi connectivity index (χ1n) is 15.5. The summed E-state index contributed by atoms with van der Waals surface area (Å²) in [7, 11) is 0. The number of phenolic OH excluding ortho intramolecular Hbond substituents is 1. The number of nitrogens with one attached hydrogen (secondary N) is 2. The Kier molecular flexibility index (Phi) is 10.1. The summed E-state index contributed by atoms with van der Waals surface area (Å²) < 4.78 is 1.01. The number of carbonyl (C=O) groups is 2. The van der Waals surface area contributed by atoms with Crippen LogP contribution in [0.5, 0.6) is 5.75 Å². The highest BCUT2D eigenvalue weighted by Gasteiger charge is 2.34. The molecule has 1 atom stereocenters. The number of anilines is 2. The molecule has 3 aliphatic heterocycles. The van der Waals surface area contributed by atoms with Crippen LogP contribution in [-0.4, -0.2) is 94.0 Å². The summed E-state index contributed by atoms with van der Waals surface area (Å²) in [5.41, 5.74) is 3.79. The van der Waals surface area contributed by atoms with E-state index < -0.39 is 6.04 Å². The number of hydrogen-bond acceptors (Lipinski definition) is 7. The molecule has 1 aromatic heterocycles. The van der Waals surface area contributed by atoms with Gasteiger partial charge >= 0.3 is 6.03 Å². The number of urea groups is 1. The van der Waals surface area contributed by atoms with Gasteiger partial charge in [0.15, 0.2) is 6.19 Å². The SMILES string of the molecule is N#CNC(=N[C@@H](Cc1cc(Br)c(O)c(Br)c1)C(=O)N1CCN(c2ccncc2)CC1)N1CCC(N2Cc3ccccc3NC2=O)CC1. The fourth-order valence-electron chi connectivity index (χ4n) is 6.40. The highest BCUT2D eigenvalue weighted by Crippen LogP contribution is 2.34. The van der Waals surface area contributed by atoms with Gasteiger partial charge in [-0.05, 0) is 86.2 Å². The van der Waals surface area contributed by atoms with Crippen molar-refractivity contribution in [1.82, 2.24) is 25.0 Å². The van der Waals surface area contributed by atoms with Crippen LogP contribution in [0.2, 0.25) is 0 Å². The summed E-state index contributed by atoms with van der Waals surface area (Å²) >= 11 is 6.80. The number of pyridine rings is 1. The van der Waals surface area contributed by atoms with Crippen molar-refractivity contribution in [2.45, 2.75) is 37.9 Å². The van der Waals surface area contributed by atoms with Gasteiger partial charge in [-0.3, -0.25) is 15.1 Å². The molecule has 3 N–H and O–H groups in total. The van der Waals surface area contributed by atoms with Crippen LogP contribution in [0, 0.1) is 11.5 Å². The maximum atomic E-state index is 14.1. The van der Waals surface area contributed by atoms with Crippen molar-refractivity contribution in [3.05, 3.63) is 81.0 Å². The van der Waals surface area contributed by atoms with Gasteiger partial charge in [0.2, 0.25) is 11.9 Å². The molecule has 3 aliphatic rings. The molecule has 47 heavy (non-hydrogen) atoms. The number of aromatic nitrogens is 1. The Hall–Kier alpha value is -4.35. The number of rotatable bonds is 6. The lowest BCUT2D eigenvalue weighted by Crippen LogP contribution is -2.54. The molecule has 0 unspecified atom stereocenters. The average Bonchev–Trinajstić information content (AvgIpc) is 3.10. The van der Waals surface area contributed by atoms with Gasteiger partial charge < -0.3 is 30.0 Å². The van der Waals surface area contributed by atoms with Crippen LogP contribution in [0.1, 0.15) is 24.0 Å². The van der Waals surface area contributed by atoms with E-state index in [-0.39, 0.29) is 30.2 Å². The number of piperidine rings is 1.